The van der Waals surface area contributed by atoms with E-state index in [0.29, 0.717) is 5.56 Å². The highest BCUT2D eigenvalue weighted by Crippen LogP contribution is 2.19. The van der Waals surface area contributed by atoms with Crippen LogP contribution in [0.4, 0.5) is 0 Å². The van der Waals surface area contributed by atoms with Crippen LogP contribution in [0.3, 0.4) is 0 Å². The van der Waals surface area contributed by atoms with Gasteiger partial charge in [-0.2, -0.15) is 0 Å². The summed E-state index contributed by atoms with van der Waals surface area (Å²) in [7, 11) is 0. The van der Waals surface area contributed by atoms with Crippen LogP contribution in [-0.4, -0.2) is 35.0 Å². The molecule has 0 radical (unpaired) electrons. The molecule has 0 fully saturated rings. The van der Waals surface area contributed by atoms with E-state index in [4.69, 9.17) is 9.94 Å². The Morgan fingerprint density at radius 3 is 2.03 bits per heavy atom. The first kappa shape index (κ1) is 21.5. The van der Waals surface area contributed by atoms with E-state index < -0.39 is 11.9 Å². The highest BCUT2D eigenvalue weighted by Gasteiger charge is 2.08. The summed E-state index contributed by atoms with van der Waals surface area (Å²) >= 11 is 0. The fourth-order valence-corrected chi connectivity index (χ4v) is 3.25. The van der Waals surface area contributed by atoms with Crippen molar-refractivity contribution in [3.8, 4) is 0 Å². The maximum absolute atomic E-state index is 12.1. The Morgan fingerprint density at radius 1 is 0.867 bits per heavy atom. The second-order valence-electron chi connectivity index (χ2n) is 7.08. The molecule has 0 atom stereocenters. The van der Waals surface area contributed by atoms with E-state index in [-0.39, 0.29) is 12.2 Å². The fraction of sp³-hybridized carbons (Fsp3) is 0.250. The molecule has 0 aliphatic rings. The van der Waals surface area contributed by atoms with E-state index in [0.717, 1.165) is 30.6 Å². The summed E-state index contributed by atoms with van der Waals surface area (Å²) < 4.78 is 0. The van der Waals surface area contributed by atoms with Crippen LogP contribution in [0.25, 0.3) is 10.8 Å². The lowest BCUT2D eigenvalue weighted by atomic mass is 10.0. The number of carboxylic acid groups (broad SMARTS) is 1. The molecule has 0 bridgehead atoms. The molecule has 6 heteroatoms. The van der Waals surface area contributed by atoms with Crippen molar-refractivity contribution in [3.05, 3.63) is 82.9 Å². The van der Waals surface area contributed by atoms with E-state index in [1.807, 2.05) is 12.1 Å². The van der Waals surface area contributed by atoms with E-state index in [1.54, 1.807) is 0 Å². The SMILES string of the molecule is CCN(CC)Cc1ccc2cc(CONC(=O)c3ccc(C(=O)O)cc3)ccc2c1. The van der Waals surface area contributed by atoms with Crippen molar-refractivity contribution in [3.63, 3.8) is 0 Å². The number of nitrogens with one attached hydrogen (secondary N) is 1. The van der Waals surface area contributed by atoms with Gasteiger partial charge in [0.05, 0.1) is 12.2 Å². The van der Waals surface area contributed by atoms with Gasteiger partial charge in [0.2, 0.25) is 0 Å². The molecule has 30 heavy (non-hydrogen) atoms. The van der Waals surface area contributed by atoms with Gasteiger partial charge in [-0.05, 0) is 71.4 Å². The highest BCUT2D eigenvalue weighted by molar-refractivity contribution is 5.95. The Balaban J connectivity index is 1.58. The van der Waals surface area contributed by atoms with Gasteiger partial charge < -0.3 is 5.11 Å². The smallest absolute Gasteiger partial charge is 0.335 e. The average Bonchev–Trinajstić information content (AvgIpc) is 2.77. The number of benzene rings is 3. The lowest BCUT2D eigenvalue weighted by Crippen LogP contribution is -2.23. The second kappa shape index (κ2) is 10.0. The molecule has 156 valence electrons. The number of hydroxylamine groups is 1. The summed E-state index contributed by atoms with van der Waals surface area (Å²) in [5.41, 5.74) is 5.09. The van der Waals surface area contributed by atoms with Crippen molar-refractivity contribution in [2.24, 2.45) is 0 Å². The molecular formula is C24H26N2O4. The van der Waals surface area contributed by atoms with Crippen LogP contribution in [0.1, 0.15) is 45.7 Å². The van der Waals surface area contributed by atoms with Crippen LogP contribution in [0, 0.1) is 0 Å². The van der Waals surface area contributed by atoms with Crippen molar-refractivity contribution >= 4 is 22.6 Å². The summed E-state index contributed by atoms with van der Waals surface area (Å²) in [5.74, 6) is -1.46. The molecule has 2 N–H and O–H groups in total. The minimum atomic E-state index is -1.03. The normalized spacial score (nSPS) is 11.0. The van der Waals surface area contributed by atoms with Gasteiger partial charge in [-0.1, -0.05) is 38.1 Å². The molecule has 0 aromatic heterocycles. The van der Waals surface area contributed by atoms with Crippen LogP contribution in [0.5, 0.6) is 0 Å². The lowest BCUT2D eigenvalue weighted by molar-refractivity contribution is 0.0234. The van der Waals surface area contributed by atoms with E-state index in [9.17, 15) is 9.59 Å². The minimum absolute atomic E-state index is 0.129. The van der Waals surface area contributed by atoms with Crippen molar-refractivity contribution in [1.29, 1.82) is 0 Å². The number of fused-ring (bicyclic) bond motifs is 1. The van der Waals surface area contributed by atoms with E-state index >= 15 is 0 Å². The van der Waals surface area contributed by atoms with Crippen LogP contribution in [0.2, 0.25) is 0 Å². The number of amides is 1. The van der Waals surface area contributed by atoms with Gasteiger partial charge >= 0.3 is 5.97 Å². The Morgan fingerprint density at radius 2 is 1.43 bits per heavy atom. The van der Waals surface area contributed by atoms with Gasteiger partial charge in [0.25, 0.3) is 5.91 Å². The van der Waals surface area contributed by atoms with Crippen LogP contribution in [0.15, 0.2) is 60.7 Å². The molecule has 3 rings (SSSR count). The monoisotopic (exact) mass is 406 g/mol. The Hall–Kier alpha value is -3.22. The molecule has 0 unspecified atom stereocenters. The third-order valence-electron chi connectivity index (χ3n) is 5.07. The largest absolute Gasteiger partial charge is 0.478 e. The molecule has 3 aromatic rings. The van der Waals surface area contributed by atoms with Crippen LogP contribution < -0.4 is 5.48 Å². The number of rotatable bonds is 9. The van der Waals surface area contributed by atoms with E-state index in [1.165, 1.54) is 35.2 Å². The number of carbonyl (C=O) groups is 2. The van der Waals surface area contributed by atoms with Gasteiger partial charge in [-0.25, -0.2) is 10.3 Å². The number of carbonyl (C=O) groups excluding carboxylic acids is 1. The van der Waals surface area contributed by atoms with Crippen LogP contribution >= 0.6 is 0 Å². The second-order valence-corrected chi connectivity index (χ2v) is 7.08. The third kappa shape index (κ3) is 5.43. The first-order valence-corrected chi connectivity index (χ1v) is 9.99. The number of aromatic carboxylic acids is 1. The Labute approximate surface area is 176 Å². The third-order valence-corrected chi connectivity index (χ3v) is 5.07. The topological polar surface area (TPSA) is 78.9 Å². The zero-order valence-corrected chi connectivity index (χ0v) is 17.2. The summed E-state index contributed by atoms with van der Waals surface area (Å²) in [4.78, 5) is 30.7. The maximum atomic E-state index is 12.1. The van der Waals surface area contributed by atoms with Crippen molar-refractivity contribution < 1.29 is 19.5 Å². The minimum Gasteiger partial charge on any atom is -0.478 e. The van der Waals surface area contributed by atoms with Crippen LogP contribution in [-0.2, 0) is 18.0 Å². The van der Waals surface area contributed by atoms with E-state index in [2.05, 4.69) is 48.5 Å². The zero-order valence-electron chi connectivity index (χ0n) is 17.2. The summed E-state index contributed by atoms with van der Waals surface area (Å²) in [6.45, 7) is 7.56. The summed E-state index contributed by atoms with van der Waals surface area (Å²) in [6.07, 6.45) is 0. The van der Waals surface area contributed by atoms with Crippen molar-refractivity contribution in [2.45, 2.75) is 27.0 Å². The quantitative estimate of drug-likeness (QED) is 0.520. The van der Waals surface area contributed by atoms with Gasteiger partial charge in [-0.15, -0.1) is 0 Å². The number of carboxylic acids is 1. The molecular weight excluding hydrogens is 380 g/mol. The molecule has 0 heterocycles. The highest BCUT2D eigenvalue weighted by atomic mass is 16.6. The Bertz CT molecular complexity index is 1030. The Kier molecular flexibility index (Phi) is 7.17. The first-order chi connectivity index (χ1) is 14.5. The summed E-state index contributed by atoms with van der Waals surface area (Å²) in [5, 5.41) is 11.2. The number of nitrogens with zero attached hydrogens (tertiary/aromatic N) is 1. The van der Waals surface area contributed by atoms with Gasteiger partial charge in [0, 0.05) is 12.1 Å². The maximum Gasteiger partial charge on any atom is 0.335 e. The van der Waals surface area contributed by atoms with Gasteiger partial charge in [0.1, 0.15) is 0 Å². The predicted molar refractivity (Wildman–Crippen MR) is 116 cm³/mol. The molecule has 0 saturated carbocycles. The lowest BCUT2D eigenvalue weighted by Gasteiger charge is -2.18. The molecule has 0 spiro atoms. The first-order valence-electron chi connectivity index (χ1n) is 9.99. The van der Waals surface area contributed by atoms with Crippen molar-refractivity contribution in [2.75, 3.05) is 13.1 Å². The number of hydrogen-bond acceptors (Lipinski definition) is 4. The van der Waals surface area contributed by atoms with Crippen molar-refractivity contribution in [1.82, 2.24) is 10.4 Å². The molecule has 0 aliphatic carbocycles. The molecule has 0 saturated heterocycles. The summed E-state index contributed by atoms with van der Waals surface area (Å²) in [6, 6.07) is 18.2. The predicted octanol–water partition coefficient (Wildman–Crippen LogP) is 4.24. The van der Waals surface area contributed by atoms with Gasteiger partial charge in [0.15, 0.2) is 0 Å². The average molecular weight is 406 g/mol. The molecule has 3 aromatic carbocycles. The molecule has 6 nitrogen and oxygen atoms in total. The molecule has 0 aliphatic heterocycles. The van der Waals surface area contributed by atoms with Gasteiger partial charge in [-0.3, -0.25) is 14.5 Å². The zero-order chi connectivity index (χ0) is 21.5. The fourth-order valence-electron chi connectivity index (χ4n) is 3.25. The molecule has 1 amide bonds. The standard InChI is InChI=1S/C24H26N2O4/c1-3-26(4-2)15-17-5-7-22-14-18(6-8-21(22)13-17)16-30-25-23(27)19-9-11-20(12-10-19)24(28)29/h5-14H,3-4,15-16H2,1-2H3,(H,25,27)(H,28,29). The number of hydrogen-bond donors (Lipinski definition) is 2.